The second-order valence-electron chi connectivity index (χ2n) is 6.75. The Hall–Kier alpha value is -3.12. The number of carbonyl (C=O) groups excluding carboxylic acids is 1. The van der Waals surface area contributed by atoms with Crippen LogP contribution in [0.25, 0.3) is 17.3 Å². The van der Waals surface area contributed by atoms with E-state index in [0.717, 1.165) is 22.6 Å². The number of benzene rings is 2. The lowest BCUT2D eigenvalue weighted by molar-refractivity contribution is -0.111. The molecular weight excluding hydrogens is 372 g/mol. The number of anilines is 1. The standard InChI is InChI=1S/C22H20N2O3S/c1-14(2)16-6-3-15(4-7-16)5-10-21(25)24-22-23-18(12-28-22)17-8-9-19-20(11-17)27-13-26-19/h3-12,14H,13H2,1-2H3,(H,23,24,25)/b10-5+. The summed E-state index contributed by atoms with van der Waals surface area (Å²) in [5, 5.41) is 5.27. The molecule has 142 valence electrons. The molecule has 0 saturated carbocycles. The summed E-state index contributed by atoms with van der Waals surface area (Å²) in [7, 11) is 0. The van der Waals surface area contributed by atoms with Crippen LogP contribution in [0.3, 0.4) is 0 Å². The third-order valence-electron chi connectivity index (χ3n) is 4.43. The zero-order chi connectivity index (χ0) is 19.5. The van der Waals surface area contributed by atoms with Gasteiger partial charge in [-0.1, -0.05) is 38.1 Å². The molecule has 6 heteroatoms. The van der Waals surface area contributed by atoms with Crippen molar-refractivity contribution in [3.63, 3.8) is 0 Å². The van der Waals surface area contributed by atoms with Crippen molar-refractivity contribution >= 4 is 28.5 Å². The molecule has 0 unspecified atom stereocenters. The van der Waals surface area contributed by atoms with Crippen molar-refractivity contribution in [2.24, 2.45) is 0 Å². The first kappa shape index (κ1) is 18.3. The summed E-state index contributed by atoms with van der Waals surface area (Å²) in [5.41, 5.74) is 3.97. The van der Waals surface area contributed by atoms with Crippen LogP contribution in [0.4, 0.5) is 5.13 Å². The van der Waals surface area contributed by atoms with E-state index >= 15 is 0 Å². The third kappa shape index (κ3) is 4.07. The number of hydrogen-bond acceptors (Lipinski definition) is 5. The zero-order valence-corrected chi connectivity index (χ0v) is 16.5. The fraction of sp³-hybridized carbons (Fsp3) is 0.182. The summed E-state index contributed by atoms with van der Waals surface area (Å²) >= 11 is 1.38. The smallest absolute Gasteiger partial charge is 0.250 e. The summed E-state index contributed by atoms with van der Waals surface area (Å²) in [6.07, 6.45) is 3.32. The van der Waals surface area contributed by atoms with Gasteiger partial charge in [-0.25, -0.2) is 4.98 Å². The number of ether oxygens (including phenoxy) is 2. The summed E-state index contributed by atoms with van der Waals surface area (Å²) in [6.45, 7) is 4.55. The van der Waals surface area contributed by atoms with Crippen LogP contribution in [0.5, 0.6) is 11.5 Å². The van der Waals surface area contributed by atoms with Crippen LogP contribution in [0.15, 0.2) is 53.9 Å². The van der Waals surface area contributed by atoms with Gasteiger partial charge >= 0.3 is 0 Å². The quantitative estimate of drug-likeness (QED) is 0.598. The number of carbonyl (C=O) groups is 1. The number of hydrogen-bond donors (Lipinski definition) is 1. The SMILES string of the molecule is CC(C)c1ccc(/C=C/C(=O)Nc2nc(-c3ccc4c(c3)OCO4)cs2)cc1. The first-order valence-corrected chi connectivity index (χ1v) is 9.91. The normalized spacial score (nSPS) is 12.7. The van der Waals surface area contributed by atoms with Gasteiger partial charge in [-0.2, -0.15) is 0 Å². The topological polar surface area (TPSA) is 60.5 Å². The van der Waals surface area contributed by atoms with Crippen molar-refractivity contribution in [3.8, 4) is 22.8 Å². The van der Waals surface area contributed by atoms with Crippen molar-refractivity contribution in [2.75, 3.05) is 12.1 Å². The van der Waals surface area contributed by atoms with Crippen LogP contribution in [-0.2, 0) is 4.79 Å². The fourth-order valence-corrected chi connectivity index (χ4v) is 3.55. The predicted octanol–water partition coefficient (Wildman–Crippen LogP) is 5.31. The van der Waals surface area contributed by atoms with Crippen molar-refractivity contribution in [1.29, 1.82) is 0 Å². The van der Waals surface area contributed by atoms with Gasteiger partial charge in [-0.05, 0) is 41.3 Å². The Bertz CT molecular complexity index is 1020. The Labute approximate surface area is 167 Å². The van der Waals surface area contributed by atoms with Crippen molar-refractivity contribution in [1.82, 2.24) is 4.98 Å². The zero-order valence-electron chi connectivity index (χ0n) is 15.6. The minimum Gasteiger partial charge on any atom is -0.454 e. The number of amides is 1. The van der Waals surface area contributed by atoms with Gasteiger partial charge in [0.05, 0.1) is 5.69 Å². The minimum absolute atomic E-state index is 0.209. The van der Waals surface area contributed by atoms with Crippen molar-refractivity contribution in [2.45, 2.75) is 19.8 Å². The molecule has 1 aliphatic heterocycles. The summed E-state index contributed by atoms with van der Waals surface area (Å²) in [6, 6.07) is 13.9. The highest BCUT2D eigenvalue weighted by molar-refractivity contribution is 7.14. The van der Waals surface area contributed by atoms with Gasteiger partial charge in [0.1, 0.15) is 0 Å². The fourth-order valence-electron chi connectivity index (χ4n) is 2.83. The van der Waals surface area contributed by atoms with Gasteiger partial charge in [0.15, 0.2) is 16.6 Å². The summed E-state index contributed by atoms with van der Waals surface area (Å²) < 4.78 is 10.7. The molecule has 1 aromatic heterocycles. The Kier molecular flexibility index (Phi) is 5.12. The van der Waals surface area contributed by atoms with Crippen LogP contribution in [0, 0.1) is 0 Å². The van der Waals surface area contributed by atoms with Crippen LogP contribution in [0.1, 0.15) is 30.9 Å². The van der Waals surface area contributed by atoms with Gasteiger partial charge in [0.2, 0.25) is 12.7 Å². The van der Waals surface area contributed by atoms with E-state index in [1.54, 1.807) is 6.08 Å². The highest BCUT2D eigenvalue weighted by Gasteiger charge is 2.15. The van der Waals surface area contributed by atoms with Crippen LogP contribution in [0.2, 0.25) is 0 Å². The second-order valence-corrected chi connectivity index (χ2v) is 7.61. The molecule has 0 bridgehead atoms. The van der Waals surface area contributed by atoms with E-state index < -0.39 is 0 Å². The van der Waals surface area contributed by atoms with Gasteiger partial charge in [-0.3, -0.25) is 10.1 Å². The summed E-state index contributed by atoms with van der Waals surface area (Å²) in [5.74, 6) is 1.73. The van der Waals surface area contributed by atoms with Crippen molar-refractivity contribution < 1.29 is 14.3 Å². The highest BCUT2D eigenvalue weighted by atomic mass is 32.1. The molecule has 1 N–H and O–H groups in total. The third-order valence-corrected chi connectivity index (χ3v) is 5.19. The first-order chi connectivity index (χ1) is 13.6. The molecule has 2 aromatic carbocycles. The minimum atomic E-state index is -0.209. The largest absolute Gasteiger partial charge is 0.454 e. The lowest BCUT2D eigenvalue weighted by Crippen LogP contribution is -2.07. The number of rotatable bonds is 5. The van der Waals surface area contributed by atoms with E-state index in [0.29, 0.717) is 16.8 Å². The molecule has 0 radical (unpaired) electrons. The molecule has 0 spiro atoms. The van der Waals surface area contributed by atoms with E-state index in [2.05, 4.69) is 36.3 Å². The Morgan fingerprint density at radius 2 is 1.93 bits per heavy atom. The Balaban J connectivity index is 1.40. The molecule has 0 saturated heterocycles. The van der Waals surface area contributed by atoms with Gasteiger partial charge in [0, 0.05) is 17.0 Å². The number of thiazole rings is 1. The molecule has 0 aliphatic carbocycles. The maximum absolute atomic E-state index is 12.2. The van der Waals surface area contributed by atoms with Crippen LogP contribution >= 0.6 is 11.3 Å². The Morgan fingerprint density at radius 1 is 1.14 bits per heavy atom. The van der Waals surface area contributed by atoms with E-state index in [1.165, 1.54) is 23.0 Å². The predicted molar refractivity (Wildman–Crippen MR) is 112 cm³/mol. The van der Waals surface area contributed by atoms with Crippen LogP contribution < -0.4 is 14.8 Å². The molecule has 1 amide bonds. The highest BCUT2D eigenvalue weighted by Crippen LogP contribution is 2.36. The number of fused-ring (bicyclic) bond motifs is 1. The number of aromatic nitrogens is 1. The molecule has 0 atom stereocenters. The maximum Gasteiger partial charge on any atom is 0.250 e. The first-order valence-electron chi connectivity index (χ1n) is 9.03. The molecule has 28 heavy (non-hydrogen) atoms. The number of nitrogens with one attached hydrogen (secondary N) is 1. The van der Waals surface area contributed by atoms with Gasteiger partial charge in [0.25, 0.3) is 0 Å². The Morgan fingerprint density at radius 3 is 2.71 bits per heavy atom. The molecule has 4 rings (SSSR count). The lowest BCUT2D eigenvalue weighted by Gasteiger charge is -2.04. The average molecular weight is 392 g/mol. The molecule has 5 nitrogen and oxygen atoms in total. The van der Waals surface area contributed by atoms with Gasteiger partial charge < -0.3 is 9.47 Å². The molecule has 2 heterocycles. The molecule has 0 fully saturated rings. The molecular formula is C22H20N2O3S. The lowest BCUT2D eigenvalue weighted by atomic mass is 10.0. The second kappa shape index (κ2) is 7.86. The molecule has 1 aliphatic rings. The van der Waals surface area contributed by atoms with Crippen molar-refractivity contribution in [3.05, 3.63) is 65.0 Å². The van der Waals surface area contributed by atoms with E-state index in [9.17, 15) is 4.79 Å². The van der Waals surface area contributed by atoms with E-state index in [1.807, 2.05) is 35.7 Å². The van der Waals surface area contributed by atoms with Gasteiger partial charge in [-0.15, -0.1) is 11.3 Å². The van der Waals surface area contributed by atoms with E-state index in [4.69, 9.17) is 9.47 Å². The molecule has 3 aromatic rings. The number of nitrogens with zero attached hydrogens (tertiary/aromatic N) is 1. The summed E-state index contributed by atoms with van der Waals surface area (Å²) in [4.78, 5) is 16.7. The van der Waals surface area contributed by atoms with Crippen LogP contribution in [-0.4, -0.2) is 17.7 Å². The maximum atomic E-state index is 12.2. The monoisotopic (exact) mass is 392 g/mol. The van der Waals surface area contributed by atoms with E-state index in [-0.39, 0.29) is 12.7 Å². The average Bonchev–Trinajstić information content (AvgIpc) is 3.35.